The molecule has 1 N–H and O–H groups in total. The molecule has 0 aliphatic carbocycles. The molecule has 0 saturated carbocycles. The summed E-state index contributed by atoms with van der Waals surface area (Å²) in [5.41, 5.74) is 0.710. The summed E-state index contributed by atoms with van der Waals surface area (Å²) in [6.45, 7) is -2.61. The van der Waals surface area contributed by atoms with Crippen LogP contribution in [-0.4, -0.2) is 12.5 Å². The summed E-state index contributed by atoms with van der Waals surface area (Å²) >= 11 is 0. The highest BCUT2D eigenvalue weighted by molar-refractivity contribution is 5.91. The summed E-state index contributed by atoms with van der Waals surface area (Å²) in [5, 5.41) is 2.66. The Morgan fingerprint density at radius 2 is 1.64 bits per heavy atom. The van der Waals surface area contributed by atoms with E-state index < -0.39 is 12.5 Å². The topological polar surface area (TPSA) is 60.7 Å². The standard InChI is InChI=1S/C20H16F3NO4/c21-14-3-7-15(8-4-14)26-12-17-9-10-18(27-17)19(25)24-11-13-1-5-16(6-2-13)28-20(22)23/h1-10,20H,11-12H2,(H,24,25). The van der Waals surface area contributed by atoms with E-state index in [-0.39, 0.29) is 30.5 Å². The summed E-state index contributed by atoms with van der Waals surface area (Å²) in [7, 11) is 0. The van der Waals surface area contributed by atoms with Crippen molar-refractivity contribution in [1.29, 1.82) is 0 Å². The van der Waals surface area contributed by atoms with Crippen LogP contribution >= 0.6 is 0 Å². The molecule has 0 radical (unpaired) electrons. The minimum atomic E-state index is -2.88. The van der Waals surface area contributed by atoms with Crippen LogP contribution in [-0.2, 0) is 13.2 Å². The fourth-order valence-corrected chi connectivity index (χ4v) is 2.32. The van der Waals surface area contributed by atoms with Crippen LogP contribution in [0.1, 0.15) is 21.9 Å². The van der Waals surface area contributed by atoms with Gasteiger partial charge in [0.1, 0.15) is 29.7 Å². The molecule has 28 heavy (non-hydrogen) atoms. The highest BCUT2D eigenvalue weighted by Crippen LogP contribution is 2.16. The monoisotopic (exact) mass is 391 g/mol. The van der Waals surface area contributed by atoms with Gasteiger partial charge in [-0.2, -0.15) is 8.78 Å². The molecule has 3 rings (SSSR count). The third-order valence-corrected chi connectivity index (χ3v) is 3.68. The van der Waals surface area contributed by atoms with Crippen molar-refractivity contribution in [2.24, 2.45) is 0 Å². The highest BCUT2D eigenvalue weighted by Gasteiger charge is 2.12. The number of furan rings is 1. The van der Waals surface area contributed by atoms with Gasteiger partial charge in [-0.3, -0.25) is 4.79 Å². The molecule has 0 aliphatic rings. The Morgan fingerprint density at radius 3 is 2.32 bits per heavy atom. The molecule has 0 fully saturated rings. The zero-order valence-corrected chi connectivity index (χ0v) is 14.5. The maximum absolute atomic E-state index is 12.9. The third-order valence-electron chi connectivity index (χ3n) is 3.68. The first-order valence-corrected chi connectivity index (χ1v) is 8.28. The lowest BCUT2D eigenvalue weighted by molar-refractivity contribution is -0.0498. The molecule has 146 valence electrons. The van der Waals surface area contributed by atoms with Crippen LogP contribution in [0.25, 0.3) is 0 Å². The molecule has 5 nitrogen and oxygen atoms in total. The summed E-state index contributed by atoms with van der Waals surface area (Å²) in [6, 6.07) is 14.6. The summed E-state index contributed by atoms with van der Waals surface area (Å²) in [4.78, 5) is 12.1. The van der Waals surface area contributed by atoms with E-state index >= 15 is 0 Å². The molecule has 0 spiro atoms. The first-order chi connectivity index (χ1) is 13.5. The van der Waals surface area contributed by atoms with Crippen molar-refractivity contribution in [3.05, 3.63) is 83.6 Å². The first-order valence-electron chi connectivity index (χ1n) is 8.28. The average molecular weight is 391 g/mol. The normalized spacial score (nSPS) is 10.7. The summed E-state index contributed by atoms with van der Waals surface area (Å²) in [6.07, 6.45) is 0. The molecule has 3 aromatic rings. The number of rotatable bonds is 8. The highest BCUT2D eigenvalue weighted by atomic mass is 19.3. The van der Waals surface area contributed by atoms with E-state index in [1.807, 2.05) is 0 Å². The molecule has 0 aliphatic heterocycles. The van der Waals surface area contributed by atoms with E-state index in [4.69, 9.17) is 9.15 Å². The lowest BCUT2D eigenvalue weighted by Crippen LogP contribution is -2.22. The van der Waals surface area contributed by atoms with Crippen LogP contribution in [0.2, 0.25) is 0 Å². The summed E-state index contributed by atoms with van der Waals surface area (Å²) < 4.78 is 52.2. The van der Waals surface area contributed by atoms with Crippen molar-refractivity contribution in [3.63, 3.8) is 0 Å². The maximum Gasteiger partial charge on any atom is 0.387 e. The van der Waals surface area contributed by atoms with Gasteiger partial charge >= 0.3 is 6.61 Å². The second kappa shape index (κ2) is 8.98. The number of hydrogen-bond donors (Lipinski definition) is 1. The van der Waals surface area contributed by atoms with Crippen molar-refractivity contribution in [2.75, 3.05) is 0 Å². The van der Waals surface area contributed by atoms with Crippen molar-refractivity contribution in [3.8, 4) is 11.5 Å². The van der Waals surface area contributed by atoms with Gasteiger partial charge in [-0.1, -0.05) is 12.1 Å². The van der Waals surface area contributed by atoms with Gasteiger partial charge in [-0.05, 0) is 54.1 Å². The Bertz CT molecular complexity index is 908. The number of ether oxygens (including phenoxy) is 2. The number of halogens is 3. The number of hydrogen-bond acceptors (Lipinski definition) is 4. The third kappa shape index (κ3) is 5.54. The fourth-order valence-electron chi connectivity index (χ4n) is 2.32. The van der Waals surface area contributed by atoms with E-state index in [1.165, 1.54) is 42.5 Å². The van der Waals surface area contributed by atoms with Crippen LogP contribution in [0, 0.1) is 5.82 Å². The minimum Gasteiger partial charge on any atom is -0.486 e. The van der Waals surface area contributed by atoms with Crippen LogP contribution in [0.3, 0.4) is 0 Å². The predicted molar refractivity (Wildman–Crippen MR) is 93.7 cm³/mol. The van der Waals surface area contributed by atoms with Crippen LogP contribution in [0.15, 0.2) is 65.1 Å². The largest absolute Gasteiger partial charge is 0.486 e. The number of carbonyl (C=O) groups is 1. The smallest absolute Gasteiger partial charge is 0.387 e. The quantitative estimate of drug-likeness (QED) is 0.613. The molecule has 1 amide bonds. The average Bonchev–Trinajstić information content (AvgIpc) is 3.15. The van der Waals surface area contributed by atoms with Gasteiger partial charge in [-0.15, -0.1) is 0 Å². The molecule has 1 heterocycles. The van der Waals surface area contributed by atoms with Crippen molar-refractivity contribution < 1.29 is 31.9 Å². The molecule has 0 bridgehead atoms. The fraction of sp³-hybridized carbons (Fsp3) is 0.150. The Hall–Kier alpha value is -3.42. The van der Waals surface area contributed by atoms with Crippen LogP contribution in [0.5, 0.6) is 11.5 Å². The number of amides is 1. The van der Waals surface area contributed by atoms with E-state index in [9.17, 15) is 18.0 Å². The molecular weight excluding hydrogens is 375 g/mol. The molecule has 1 aromatic heterocycles. The number of benzene rings is 2. The lowest BCUT2D eigenvalue weighted by Gasteiger charge is -2.07. The molecule has 0 saturated heterocycles. The zero-order valence-electron chi connectivity index (χ0n) is 14.5. The Balaban J connectivity index is 1.49. The predicted octanol–water partition coefficient (Wildman–Crippen LogP) is 4.53. The molecule has 0 unspecified atom stereocenters. The van der Waals surface area contributed by atoms with Crippen LogP contribution in [0.4, 0.5) is 13.2 Å². The van der Waals surface area contributed by atoms with Gasteiger partial charge in [-0.25, -0.2) is 4.39 Å². The Labute approximate surface area is 158 Å². The number of alkyl halides is 2. The van der Waals surface area contributed by atoms with Crippen molar-refractivity contribution in [1.82, 2.24) is 5.32 Å². The minimum absolute atomic E-state index is 0.0434. The van der Waals surface area contributed by atoms with Gasteiger partial charge < -0.3 is 19.2 Å². The van der Waals surface area contributed by atoms with Gasteiger partial charge in [0.05, 0.1) is 0 Å². The Kier molecular flexibility index (Phi) is 6.21. The van der Waals surface area contributed by atoms with Crippen molar-refractivity contribution in [2.45, 2.75) is 19.8 Å². The number of nitrogens with one attached hydrogen (secondary N) is 1. The van der Waals surface area contributed by atoms with Gasteiger partial charge in [0.2, 0.25) is 0 Å². The van der Waals surface area contributed by atoms with E-state index in [0.29, 0.717) is 17.1 Å². The SMILES string of the molecule is O=C(NCc1ccc(OC(F)F)cc1)c1ccc(COc2ccc(F)cc2)o1. The maximum atomic E-state index is 12.9. The molecule has 0 atom stereocenters. The van der Waals surface area contributed by atoms with E-state index in [0.717, 1.165) is 0 Å². The Morgan fingerprint density at radius 1 is 0.964 bits per heavy atom. The second-order valence-electron chi connectivity index (χ2n) is 5.71. The van der Waals surface area contributed by atoms with Crippen LogP contribution < -0.4 is 14.8 Å². The lowest BCUT2D eigenvalue weighted by atomic mass is 10.2. The number of carbonyl (C=O) groups excluding carboxylic acids is 1. The van der Waals surface area contributed by atoms with Crippen molar-refractivity contribution >= 4 is 5.91 Å². The van der Waals surface area contributed by atoms with Gasteiger partial charge in [0.25, 0.3) is 5.91 Å². The van der Waals surface area contributed by atoms with E-state index in [1.54, 1.807) is 18.2 Å². The second-order valence-corrected chi connectivity index (χ2v) is 5.71. The molecule has 2 aromatic carbocycles. The van der Waals surface area contributed by atoms with Gasteiger partial charge in [0, 0.05) is 6.54 Å². The zero-order chi connectivity index (χ0) is 19.9. The molecule has 8 heteroatoms. The molecular formula is C20H16F3NO4. The van der Waals surface area contributed by atoms with E-state index in [2.05, 4.69) is 10.1 Å². The summed E-state index contributed by atoms with van der Waals surface area (Å²) in [5.74, 6) is 0.268. The van der Waals surface area contributed by atoms with Gasteiger partial charge in [0.15, 0.2) is 5.76 Å². The first kappa shape index (κ1) is 19.3.